The molecule has 0 saturated heterocycles. The Morgan fingerprint density at radius 2 is 2.08 bits per heavy atom. The number of benzene rings is 1. The Labute approximate surface area is 158 Å². The normalized spacial score (nSPS) is 11.7. The van der Waals surface area contributed by atoms with Gasteiger partial charge in [0.2, 0.25) is 5.91 Å². The van der Waals surface area contributed by atoms with Gasteiger partial charge in [0, 0.05) is 25.7 Å². The van der Waals surface area contributed by atoms with E-state index in [1.807, 2.05) is 0 Å². The topological polar surface area (TPSA) is 124 Å². The van der Waals surface area contributed by atoms with E-state index in [0.717, 1.165) is 0 Å². The van der Waals surface area contributed by atoms with Crippen molar-refractivity contribution >= 4 is 24.6 Å². The molecule has 0 heterocycles. The van der Waals surface area contributed by atoms with E-state index in [2.05, 4.69) is 28.2 Å². The fourth-order valence-corrected chi connectivity index (χ4v) is 1.89. The monoisotopic (exact) mass is 386 g/mol. The maximum atomic E-state index is 12.0. The van der Waals surface area contributed by atoms with Crippen LogP contribution in [0.4, 0.5) is 0 Å². The minimum atomic E-state index is -0.655. The highest BCUT2D eigenvalue weighted by atomic mass is 32.1. The zero-order valence-corrected chi connectivity index (χ0v) is 15.6. The maximum absolute atomic E-state index is 12.0. The first-order valence-corrected chi connectivity index (χ1v) is 8.55. The molecule has 10 heteroatoms. The van der Waals surface area contributed by atoms with Gasteiger partial charge in [-0.2, -0.15) is 0 Å². The average molecular weight is 386 g/mol. The van der Waals surface area contributed by atoms with Crippen molar-refractivity contribution in [2.24, 2.45) is 5.73 Å². The number of hydrogen-bond donors (Lipinski definition) is 5. The van der Waals surface area contributed by atoms with E-state index in [4.69, 9.17) is 19.9 Å². The first-order valence-electron chi connectivity index (χ1n) is 8.10. The van der Waals surface area contributed by atoms with Crippen molar-refractivity contribution in [2.45, 2.75) is 6.23 Å². The van der Waals surface area contributed by atoms with Crippen LogP contribution in [-0.4, -0.2) is 64.6 Å². The molecule has 2 amide bonds. The number of hydrogen-bond acceptors (Lipinski definition) is 8. The molecular weight excluding hydrogens is 360 g/mol. The molecule has 0 spiro atoms. The van der Waals surface area contributed by atoms with Crippen LogP contribution < -0.4 is 25.8 Å². The molecule has 1 aromatic rings. The van der Waals surface area contributed by atoms with E-state index in [0.29, 0.717) is 24.4 Å². The van der Waals surface area contributed by atoms with Crippen LogP contribution in [0.15, 0.2) is 24.3 Å². The number of likely N-dealkylation sites (N-methyl/N-ethyl adjacent to an activating group) is 1. The Bertz CT molecular complexity index is 561. The first-order chi connectivity index (χ1) is 12.6. The highest BCUT2D eigenvalue weighted by molar-refractivity contribution is 7.78. The number of nitrogens with one attached hydrogen (secondary N) is 3. The molecule has 0 bridgehead atoms. The molecule has 5 N–H and O–H groups in total. The van der Waals surface area contributed by atoms with Crippen LogP contribution >= 0.6 is 12.8 Å². The first kappa shape index (κ1) is 22.2. The lowest BCUT2D eigenvalue weighted by molar-refractivity contribution is -0.126. The smallest absolute Gasteiger partial charge is 0.251 e. The number of rotatable bonds is 13. The zero-order chi connectivity index (χ0) is 19.2. The van der Waals surface area contributed by atoms with E-state index < -0.39 is 6.23 Å². The quantitative estimate of drug-likeness (QED) is 0.172. The second-order valence-electron chi connectivity index (χ2n) is 5.14. The molecule has 0 saturated carbocycles. The molecule has 1 rings (SSSR count). The number of nitrogens with two attached hydrogens (primary N) is 1. The summed E-state index contributed by atoms with van der Waals surface area (Å²) in [4.78, 5) is 22.9. The third-order valence-corrected chi connectivity index (χ3v) is 3.33. The van der Waals surface area contributed by atoms with Gasteiger partial charge in [-0.05, 0) is 18.2 Å². The van der Waals surface area contributed by atoms with Gasteiger partial charge < -0.3 is 30.6 Å². The summed E-state index contributed by atoms with van der Waals surface area (Å²) in [5.41, 5.74) is 6.28. The Morgan fingerprint density at radius 1 is 1.27 bits per heavy atom. The molecule has 0 aliphatic carbocycles. The Morgan fingerprint density at radius 3 is 2.81 bits per heavy atom. The van der Waals surface area contributed by atoms with Crippen LogP contribution in [0.3, 0.4) is 0 Å². The summed E-state index contributed by atoms with van der Waals surface area (Å²) in [7, 11) is 1.54. The van der Waals surface area contributed by atoms with Gasteiger partial charge in [-0.15, -0.1) is 0 Å². The summed E-state index contributed by atoms with van der Waals surface area (Å²) < 4.78 is 18.6. The lowest BCUT2D eigenvalue weighted by atomic mass is 10.2. The molecule has 1 aromatic carbocycles. The largest absolute Gasteiger partial charge is 0.489 e. The molecule has 9 nitrogen and oxygen atoms in total. The van der Waals surface area contributed by atoms with E-state index in [-0.39, 0.29) is 38.2 Å². The molecule has 0 aromatic heterocycles. The Balaban J connectivity index is 2.28. The van der Waals surface area contributed by atoms with Crippen LogP contribution in [0.5, 0.6) is 5.75 Å². The summed E-state index contributed by atoms with van der Waals surface area (Å²) >= 11 is 3.85. The highest BCUT2D eigenvalue weighted by Crippen LogP contribution is 2.13. The van der Waals surface area contributed by atoms with E-state index in [1.165, 1.54) is 7.05 Å². The van der Waals surface area contributed by atoms with Gasteiger partial charge in [0.05, 0.1) is 13.2 Å². The maximum Gasteiger partial charge on any atom is 0.251 e. The highest BCUT2D eigenvalue weighted by Gasteiger charge is 2.08. The van der Waals surface area contributed by atoms with Gasteiger partial charge in [-0.25, -0.2) is 0 Å². The van der Waals surface area contributed by atoms with Crippen molar-refractivity contribution < 1.29 is 23.8 Å². The predicted molar refractivity (Wildman–Crippen MR) is 100 cm³/mol. The third-order valence-electron chi connectivity index (χ3n) is 3.10. The number of carbonyl (C=O) groups is 2. The molecule has 0 aliphatic heterocycles. The summed E-state index contributed by atoms with van der Waals surface area (Å²) in [5, 5.41) is 5.19. The fraction of sp³-hybridized carbons (Fsp3) is 0.500. The number of ether oxygens (including phenoxy) is 3. The molecule has 26 heavy (non-hydrogen) atoms. The standard InChI is InChI=1S/C16H26N4O5S/c1-18-15(21)11-23-7-8-24-14(17)10-25-13-4-2-3-12(9-13)16(22)19-5-6-20-26/h2-4,9,14,20,26H,5-8,10-11,17H2,1H3,(H,18,21)(H,19,22). The molecule has 0 fully saturated rings. The van der Waals surface area contributed by atoms with Gasteiger partial charge in [-0.3, -0.25) is 14.3 Å². The lowest BCUT2D eigenvalue weighted by Crippen LogP contribution is -2.32. The van der Waals surface area contributed by atoms with Crippen LogP contribution in [0.25, 0.3) is 0 Å². The zero-order valence-electron chi connectivity index (χ0n) is 14.7. The minimum Gasteiger partial charge on any atom is -0.489 e. The summed E-state index contributed by atoms with van der Waals surface area (Å²) in [6, 6.07) is 6.77. The van der Waals surface area contributed by atoms with Gasteiger partial charge >= 0.3 is 0 Å². The van der Waals surface area contributed by atoms with Crippen LogP contribution in [0, 0.1) is 0 Å². The molecule has 146 valence electrons. The van der Waals surface area contributed by atoms with E-state index >= 15 is 0 Å². The SMILES string of the molecule is CNC(=O)COCCOC(N)COc1cccc(C(=O)NCCNS)c1. The van der Waals surface area contributed by atoms with Gasteiger partial charge in [0.1, 0.15) is 25.2 Å². The van der Waals surface area contributed by atoms with Gasteiger partial charge in [0.25, 0.3) is 5.91 Å². The summed E-state index contributed by atoms with van der Waals surface area (Å²) in [6.45, 7) is 1.61. The average Bonchev–Trinajstić information content (AvgIpc) is 2.66. The minimum absolute atomic E-state index is 0.0233. The third kappa shape index (κ3) is 9.59. The Kier molecular flexibility index (Phi) is 11.4. The van der Waals surface area contributed by atoms with E-state index in [1.54, 1.807) is 24.3 Å². The summed E-state index contributed by atoms with van der Waals surface area (Å²) in [6.07, 6.45) is -0.655. The molecule has 0 radical (unpaired) electrons. The predicted octanol–water partition coefficient (Wildman–Crippen LogP) is -0.706. The van der Waals surface area contributed by atoms with Crippen molar-refractivity contribution in [3.63, 3.8) is 0 Å². The van der Waals surface area contributed by atoms with E-state index in [9.17, 15) is 9.59 Å². The fourth-order valence-electron chi connectivity index (χ4n) is 1.78. The number of carbonyl (C=O) groups excluding carboxylic acids is 2. The van der Waals surface area contributed by atoms with Crippen molar-refractivity contribution in [2.75, 3.05) is 46.6 Å². The lowest BCUT2D eigenvalue weighted by Gasteiger charge is -2.15. The van der Waals surface area contributed by atoms with Gasteiger partial charge in [0.15, 0.2) is 0 Å². The molecular formula is C16H26N4O5S. The molecule has 1 unspecified atom stereocenters. The number of thiol groups is 1. The number of amides is 2. The van der Waals surface area contributed by atoms with Gasteiger partial charge in [-0.1, -0.05) is 18.9 Å². The Hall–Kier alpha value is -1.85. The molecule has 0 aliphatic rings. The van der Waals surface area contributed by atoms with Crippen LogP contribution in [-0.2, 0) is 14.3 Å². The second kappa shape index (κ2) is 13.4. The van der Waals surface area contributed by atoms with Crippen molar-refractivity contribution in [1.82, 2.24) is 15.4 Å². The van der Waals surface area contributed by atoms with Crippen molar-refractivity contribution in [3.05, 3.63) is 29.8 Å². The van der Waals surface area contributed by atoms with Crippen LogP contribution in [0.2, 0.25) is 0 Å². The van der Waals surface area contributed by atoms with Crippen molar-refractivity contribution in [1.29, 1.82) is 0 Å². The van der Waals surface area contributed by atoms with Crippen LogP contribution in [0.1, 0.15) is 10.4 Å². The molecule has 1 atom stereocenters. The summed E-state index contributed by atoms with van der Waals surface area (Å²) in [5.74, 6) is 0.108. The van der Waals surface area contributed by atoms with Crippen molar-refractivity contribution in [3.8, 4) is 5.75 Å². The second-order valence-corrected chi connectivity index (χ2v) is 5.45.